The van der Waals surface area contributed by atoms with E-state index < -0.39 is 0 Å². The number of nitrogens with zero attached hydrogens (tertiary/aromatic N) is 3. The van der Waals surface area contributed by atoms with E-state index in [0.29, 0.717) is 6.54 Å². The molecule has 3 aromatic heterocycles. The highest BCUT2D eigenvalue weighted by atomic mass is 16.3. The molecule has 1 N–H and O–H groups in total. The summed E-state index contributed by atoms with van der Waals surface area (Å²) in [6.45, 7) is 6.75. The van der Waals surface area contributed by atoms with Gasteiger partial charge in [-0.15, -0.1) is 10.2 Å². The SMILES string of the molecule is Cc1cc(C(C)NCc2nnc3ccccn23)c(C)o1. The molecule has 0 saturated heterocycles. The van der Waals surface area contributed by atoms with Crippen LogP contribution in [0.2, 0.25) is 0 Å². The van der Waals surface area contributed by atoms with Crippen LogP contribution in [-0.2, 0) is 6.54 Å². The first-order chi connectivity index (χ1) is 9.65. The van der Waals surface area contributed by atoms with Crippen molar-refractivity contribution >= 4 is 5.65 Å². The Labute approximate surface area is 117 Å². The molecule has 3 aromatic rings. The van der Waals surface area contributed by atoms with Crippen LogP contribution >= 0.6 is 0 Å². The Hall–Kier alpha value is -2.14. The van der Waals surface area contributed by atoms with Gasteiger partial charge in [0, 0.05) is 17.8 Å². The van der Waals surface area contributed by atoms with Gasteiger partial charge in [-0.3, -0.25) is 4.40 Å². The van der Waals surface area contributed by atoms with Crippen LogP contribution < -0.4 is 5.32 Å². The summed E-state index contributed by atoms with van der Waals surface area (Å²) in [6.07, 6.45) is 1.98. The highest BCUT2D eigenvalue weighted by Gasteiger charge is 2.13. The van der Waals surface area contributed by atoms with Gasteiger partial charge < -0.3 is 9.73 Å². The molecule has 1 unspecified atom stereocenters. The summed E-state index contributed by atoms with van der Waals surface area (Å²) < 4.78 is 7.56. The van der Waals surface area contributed by atoms with Crippen molar-refractivity contribution in [2.45, 2.75) is 33.4 Å². The zero-order valence-corrected chi connectivity index (χ0v) is 11.9. The topological polar surface area (TPSA) is 55.4 Å². The van der Waals surface area contributed by atoms with Crippen molar-refractivity contribution in [1.82, 2.24) is 19.9 Å². The molecule has 0 aliphatic heterocycles. The maximum atomic E-state index is 5.57. The predicted molar refractivity (Wildman–Crippen MR) is 76.4 cm³/mol. The highest BCUT2D eigenvalue weighted by molar-refractivity contribution is 5.37. The molecule has 0 aliphatic rings. The van der Waals surface area contributed by atoms with E-state index in [1.165, 1.54) is 5.56 Å². The number of hydrogen-bond acceptors (Lipinski definition) is 4. The van der Waals surface area contributed by atoms with Crippen molar-refractivity contribution in [3.8, 4) is 0 Å². The van der Waals surface area contributed by atoms with Gasteiger partial charge in [0.25, 0.3) is 0 Å². The third-order valence-corrected chi connectivity index (χ3v) is 3.50. The standard InChI is InChI=1S/C15H18N4O/c1-10-8-13(12(3)20-10)11(2)16-9-15-18-17-14-6-4-5-7-19(14)15/h4-8,11,16H,9H2,1-3H3. The summed E-state index contributed by atoms with van der Waals surface area (Å²) in [4.78, 5) is 0. The van der Waals surface area contributed by atoms with Gasteiger partial charge in [0.05, 0.1) is 6.54 Å². The number of nitrogens with one attached hydrogen (secondary N) is 1. The molecule has 0 amide bonds. The summed E-state index contributed by atoms with van der Waals surface area (Å²) in [5, 5.41) is 11.8. The number of pyridine rings is 1. The van der Waals surface area contributed by atoms with Crippen LogP contribution in [-0.4, -0.2) is 14.6 Å². The molecule has 3 rings (SSSR count). The smallest absolute Gasteiger partial charge is 0.160 e. The third kappa shape index (κ3) is 2.32. The second kappa shape index (κ2) is 5.09. The molecule has 104 valence electrons. The van der Waals surface area contributed by atoms with E-state index in [1.807, 2.05) is 42.6 Å². The molecular weight excluding hydrogens is 252 g/mol. The van der Waals surface area contributed by atoms with E-state index in [4.69, 9.17) is 4.42 Å². The lowest BCUT2D eigenvalue weighted by Gasteiger charge is -2.12. The maximum absolute atomic E-state index is 5.57. The molecule has 5 heteroatoms. The minimum atomic E-state index is 0.212. The Bertz CT molecular complexity index is 728. The molecule has 0 bridgehead atoms. The molecule has 1 atom stereocenters. The maximum Gasteiger partial charge on any atom is 0.160 e. The van der Waals surface area contributed by atoms with Gasteiger partial charge in [0.2, 0.25) is 0 Å². The van der Waals surface area contributed by atoms with E-state index in [2.05, 4.69) is 28.5 Å². The first-order valence-corrected chi connectivity index (χ1v) is 6.74. The number of hydrogen-bond donors (Lipinski definition) is 1. The molecular formula is C15H18N4O. The number of aromatic nitrogens is 3. The second-order valence-corrected chi connectivity index (χ2v) is 5.02. The summed E-state index contributed by atoms with van der Waals surface area (Å²) in [5.74, 6) is 2.82. The van der Waals surface area contributed by atoms with Gasteiger partial charge in [-0.05, 0) is 39.0 Å². The summed E-state index contributed by atoms with van der Waals surface area (Å²) in [7, 11) is 0. The van der Waals surface area contributed by atoms with Crippen molar-refractivity contribution in [2.75, 3.05) is 0 Å². The molecule has 0 radical (unpaired) electrons. The highest BCUT2D eigenvalue weighted by Crippen LogP contribution is 2.21. The van der Waals surface area contributed by atoms with Crippen molar-refractivity contribution in [3.63, 3.8) is 0 Å². The lowest BCUT2D eigenvalue weighted by atomic mass is 10.1. The molecule has 0 aromatic carbocycles. The zero-order chi connectivity index (χ0) is 14.1. The predicted octanol–water partition coefficient (Wildman–Crippen LogP) is 2.79. The first-order valence-electron chi connectivity index (χ1n) is 6.74. The number of rotatable bonds is 4. The molecule has 0 saturated carbocycles. The quantitative estimate of drug-likeness (QED) is 0.792. The summed E-state index contributed by atoms with van der Waals surface area (Å²) in [5.41, 5.74) is 2.06. The lowest BCUT2D eigenvalue weighted by molar-refractivity contribution is 0.487. The van der Waals surface area contributed by atoms with Crippen molar-refractivity contribution < 1.29 is 4.42 Å². The Kier molecular flexibility index (Phi) is 3.28. The normalized spacial score (nSPS) is 12.9. The van der Waals surface area contributed by atoms with E-state index in [9.17, 15) is 0 Å². The fourth-order valence-corrected chi connectivity index (χ4v) is 2.45. The molecule has 0 spiro atoms. The fraction of sp³-hybridized carbons (Fsp3) is 0.333. The largest absolute Gasteiger partial charge is 0.466 e. The van der Waals surface area contributed by atoms with Gasteiger partial charge in [-0.1, -0.05) is 6.07 Å². The molecule has 0 aliphatic carbocycles. The molecule has 20 heavy (non-hydrogen) atoms. The van der Waals surface area contributed by atoms with Gasteiger partial charge in [-0.25, -0.2) is 0 Å². The van der Waals surface area contributed by atoms with Crippen LogP contribution in [0.4, 0.5) is 0 Å². The van der Waals surface area contributed by atoms with Crippen molar-refractivity contribution in [1.29, 1.82) is 0 Å². The van der Waals surface area contributed by atoms with Gasteiger partial charge >= 0.3 is 0 Å². The van der Waals surface area contributed by atoms with Gasteiger partial charge in [0.1, 0.15) is 11.5 Å². The van der Waals surface area contributed by atoms with Crippen LogP contribution in [0.25, 0.3) is 5.65 Å². The average molecular weight is 270 g/mol. The Balaban J connectivity index is 1.74. The van der Waals surface area contributed by atoms with E-state index >= 15 is 0 Å². The first kappa shape index (κ1) is 12.9. The van der Waals surface area contributed by atoms with Crippen LogP contribution in [0.3, 0.4) is 0 Å². The Morgan fingerprint density at radius 3 is 2.90 bits per heavy atom. The van der Waals surface area contributed by atoms with E-state index in [1.54, 1.807) is 0 Å². The third-order valence-electron chi connectivity index (χ3n) is 3.50. The van der Waals surface area contributed by atoms with Crippen LogP contribution in [0.5, 0.6) is 0 Å². The molecule has 5 nitrogen and oxygen atoms in total. The number of aryl methyl sites for hydroxylation is 2. The molecule has 0 fully saturated rings. The second-order valence-electron chi connectivity index (χ2n) is 5.02. The fourth-order valence-electron chi connectivity index (χ4n) is 2.45. The van der Waals surface area contributed by atoms with Crippen molar-refractivity contribution in [2.24, 2.45) is 0 Å². The van der Waals surface area contributed by atoms with Crippen LogP contribution in [0.1, 0.15) is 35.9 Å². The van der Waals surface area contributed by atoms with E-state index in [-0.39, 0.29) is 6.04 Å². The van der Waals surface area contributed by atoms with E-state index in [0.717, 1.165) is 23.0 Å². The van der Waals surface area contributed by atoms with Gasteiger partial charge in [-0.2, -0.15) is 0 Å². The minimum absolute atomic E-state index is 0.212. The van der Waals surface area contributed by atoms with Crippen LogP contribution in [0.15, 0.2) is 34.9 Å². The van der Waals surface area contributed by atoms with Crippen molar-refractivity contribution in [3.05, 3.63) is 53.4 Å². The summed E-state index contributed by atoms with van der Waals surface area (Å²) >= 11 is 0. The summed E-state index contributed by atoms with van der Waals surface area (Å²) in [6, 6.07) is 8.18. The van der Waals surface area contributed by atoms with Gasteiger partial charge in [0.15, 0.2) is 11.5 Å². The number of fused-ring (bicyclic) bond motifs is 1. The molecule has 3 heterocycles. The van der Waals surface area contributed by atoms with Crippen LogP contribution in [0, 0.1) is 13.8 Å². The number of furan rings is 1. The monoisotopic (exact) mass is 270 g/mol. The average Bonchev–Trinajstić information content (AvgIpc) is 2.99. The zero-order valence-electron chi connectivity index (χ0n) is 11.9. The minimum Gasteiger partial charge on any atom is -0.466 e. The Morgan fingerprint density at radius 1 is 1.30 bits per heavy atom. The Morgan fingerprint density at radius 2 is 2.15 bits per heavy atom. The lowest BCUT2D eigenvalue weighted by Crippen LogP contribution is -2.19.